The van der Waals surface area contributed by atoms with Crippen LogP contribution in [0.2, 0.25) is 0 Å². The van der Waals surface area contributed by atoms with Gasteiger partial charge in [0.05, 0.1) is 21.3 Å². The zero-order chi connectivity index (χ0) is 27.2. The predicted octanol–water partition coefficient (Wildman–Crippen LogP) is 8.49. The predicted molar refractivity (Wildman–Crippen MR) is 77.8 cm³/mol. The van der Waals surface area contributed by atoms with Crippen molar-refractivity contribution in [2.45, 2.75) is 48.1 Å². The molecule has 0 radical (unpaired) electrons. The summed E-state index contributed by atoms with van der Waals surface area (Å²) in [6.07, 6.45) is -41.1. The van der Waals surface area contributed by atoms with E-state index in [-0.39, 0.29) is 0 Å². The van der Waals surface area contributed by atoms with E-state index in [0.717, 1.165) is 0 Å². The minimum absolute atomic E-state index is 0.478. The summed E-state index contributed by atoms with van der Waals surface area (Å²) >= 11 is 0. The van der Waals surface area contributed by atoms with Gasteiger partial charge in [-0.1, -0.05) is 0 Å². The lowest BCUT2D eigenvalue weighted by Crippen LogP contribution is -2.63. The van der Waals surface area contributed by atoms with Crippen molar-refractivity contribution in [3.63, 3.8) is 0 Å². The lowest BCUT2D eigenvalue weighted by Gasteiger charge is -2.58. The van der Waals surface area contributed by atoms with Crippen LogP contribution in [0.1, 0.15) is 0 Å². The summed E-state index contributed by atoms with van der Waals surface area (Å²) in [6, 6.07) is 0. The quantitative estimate of drug-likeness (QED) is 0.224. The second-order valence-electron chi connectivity index (χ2n) is 6.43. The van der Waals surface area contributed by atoms with Gasteiger partial charge >= 0.3 is 37.1 Å². The fourth-order valence-corrected chi connectivity index (χ4v) is 11.3. The number of allylic oxidation sites excluding steroid dienone is 4. The van der Waals surface area contributed by atoms with Crippen LogP contribution in [0.25, 0.3) is 0 Å². The molecule has 21 heteroatoms. The van der Waals surface area contributed by atoms with Crippen LogP contribution in [0, 0.1) is 0 Å². The first-order valence-electron chi connectivity index (χ1n) is 7.72. The number of halogens is 18. The highest BCUT2D eigenvalue weighted by molar-refractivity contribution is 7.79. The Kier molecular flexibility index (Phi) is 6.69. The van der Waals surface area contributed by atoms with Gasteiger partial charge in [0.1, 0.15) is 5.66 Å². The van der Waals surface area contributed by atoms with Crippen molar-refractivity contribution in [3.8, 4) is 0 Å². The zero-order valence-corrected chi connectivity index (χ0v) is 17.0. The molecule has 2 atom stereocenters. The average Bonchev–Trinajstić information content (AvgIpc) is 2.53. The van der Waals surface area contributed by atoms with Crippen LogP contribution in [-0.4, -0.2) is 55.2 Å². The maximum atomic E-state index is 13.9. The summed E-state index contributed by atoms with van der Waals surface area (Å²) in [6.45, 7) is 0. The van der Waals surface area contributed by atoms with Crippen LogP contribution < -0.4 is 0 Å². The first kappa shape index (κ1) is 29.3. The maximum Gasteiger partial charge on any atom is 0.423 e. The van der Waals surface area contributed by atoms with Crippen LogP contribution in [0.5, 0.6) is 0 Å². The molecule has 0 aromatic carbocycles. The lowest BCUT2D eigenvalue weighted by molar-refractivity contribution is -0.265. The summed E-state index contributed by atoms with van der Waals surface area (Å²) in [7, 11) is -12.8. The molecule has 3 rings (SSSR count). The van der Waals surface area contributed by atoms with Gasteiger partial charge in [0.15, 0.2) is 0 Å². The fraction of sp³-hybridized carbons (Fsp3) is 0.692. The summed E-state index contributed by atoms with van der Waals surface area (Å²) in [5, 5.41) is -20.9. The Labute approximate surface area is 177 Å². The number of hydrogen-bond donors (Lipinski definition) is 0. The van der Waals surface area contributed by atoms with Crippen LogP contribution in [0.4, 0.5) is 79.0 Å². The van der Waals surface area contributed by atoms with Gasteiger partial charge < -0.3 is 4.74 Å². The molecule has 0 saturated heterocycles. The zero-order valence-electron chi connectivity index (χ0n) is 15.2. The summed E-state index contributed by atoms with van der Waals surface area (Å²) in [4.78, 5) is 0. The molecule has 0 saturated carbocycles. The van der Waals surface area contributed by atoms with Crippen molar-refractivity contribution in [1.29, 1.82) is 0 Å². The molecule has 2 bridgehead atoms. The van der Waals surface area contributed by atoms with E-state index < -0.39 is 92.3 Å². The molecule has 3 heterocycles. The van der Waals surface area contributed by atoms with Crippen molar-refractivity contribution in [2.75, 3.05) is 7.11 Å². The van der Waals surface area contributed by atoms with Crippen LogP contribution in [0.3, 0.4) is 0 Å². The number of alkyl halides is 18. The van der Waals surface area contributed by atoms with E-state index in [9.17, 15) is 79.0 Å². The van der Waals surface area contributed by atoms with Gasteiger partial charge in [-0.05, 0) is 7.92 Å². The Morgan fingerprint density at radius 3 is 1.03 bits per heavy atom. The molecule has 0 amide bonds. The first-order chi connectivity index (χ1) is 14.7. The van der Waals surface area contributed by atoms with Gasteiger partial charge in [0.25, 0.3) is 0 Å². The molecule has 0 spiro atoms. The smallest absolute Gasteiger partial charge is 0.363 e. The molecular weight excluding hydrogens is 576 g/mol. The minimum Gasteiger partial charge on any atom is -0.363 e. The van der Waals surface area contributed by atoms with E-state index in [1.807, 2.05) is 0 Å². The highest BCUT2D eigenvalue weighted by atomic mass is 31.1. The number of hydrogen-bond acceptors (Lipinski definition) is 1. The molecule has 0 fully saturated rings. The van der Waals surface area contributed by atoms with Gasteiger partial charge in [0, 0.05) is 15.0 Å². The average molecular weight is 580 g/mol. The van der Waals surface area contributed by atoms with Crippen molar-refractivity contribution in [2.24, 2.45) is 0 Å². The Hall–Kier alpha value is -0.960. The number of methoxy groups -OCH3 is 1. The summed E-state index contributed by atoms with van der Waals surface area (Å²) in [5.74, 6) is 0. The van der Waals surface area contributed by atoms with Gasteiger partial charge in [-0.2, -0.15) is 79.0 Å². The molecule has 3 aliphatic heterocycles. The van der Waals surface area contributed by atoms with Crippen LogP contribution in [-0.2, 0) is 4.74 Å². The number of ether oxygens (including phenoxy) is 1. The molecule has 0 aliphatic carbocycles. The van der Waals surface area contributed by atoms with Crippen LogP contribution in [0.15, 0.2) is 21.3 Å². The third kappa shape index (κ3) is 4.27. The van der Waals surface area contributed by atoms with Gasteiger partial charge in [-0.15, -0.1) is 0 Å². The van der Waals surface area contributed by atoms with E-state index in [0.29, 0.717) is 0 Å². The summed E-state index contributed by atoms with van der Waals surface area (Å²) < 4.78 is 248. The standard InChI is InChI=1S/C13H4F18OP2/c1-32-7(13(29,30)31)6(12(26,27)28)33-2(8(14,15)16)4(10(20,21)22)34(7)5(11(23,24)25)3(33)9(17,18)19/h6H,1H3. The molecule has 2 unspecified atom stereocenters. The molecule has 34 heavy (non-hydrogen) atoms. The molecule has 198 valence electrons. The van der Waals surface area contributed by atoms with E-state index in [2.05, 4.69) is 4.74 Å². The third-order valence-electron chi connectivity index (χ3n) is 4.44. The Bertz CT molecular complexity index is 844. The normalized spacial score (nSPS) is 29.9. The highest BCUT2D eigenvalue weighted by Crippen LogP contribution is 2.92. The Balaban J connectivity index is 3.40. The van der Waals surface area contributed by atoms with E-state index in [1.165, 1.54) is 0 Å². The largest absolute Gasteiger partial charge is 0.423 e. The van der Waals surface area contributed by atoms with Gasteiger partial charge in [-0.3, -0.25) is 0 Å². The molecular formula is C13H4F18OP2. The SMILES string of the molecule is COC1(C(F)(F)F)C(C(F)(F)F)P2C(C(F)(F)F)=C(C(F)(F)F)P1C(C(F)(F)F)=C2C(F)(F)F. The van der Waals surface area contributed by atoms with Crippen LogP contribution >= 0.6 is 15.8 Å². The van der Waals surface area contributed by atoms with E-state index >= 15 is 0 Å². The monoisotopic (exact) mass is 580 g/mol. The molecule has 0 aromatic rings. The van der Waals surface area contributed by atoms with Gasteiger partial charge in [-0.25, -0.2) is 0 Å². The van der Waals surface area contributed by atoms with Crippen molar-refractivity contribution in [3.05, 3.63) is 21.3 Å². The second-order valence-corrected chi connectivity index (χ2v) is 10.8. The van der Waals surface area contributed by atoms with Crippen molar-refractivity contribution >= 4 is 15.8 Å². The lowest BCUT2D eigenvalue weighted by atomic mass is 10.2. The molecule has 1 nitrogen and oxygen atoms in total. The van der Waals surface area contributed by atoms with Crippen molar-refractivity contribution < 1.29 is 83.8 Å². The maximum absolute atomic E-state index is 13.9. The first-order valence-corrected chi connectivity index (χ1v) is 10.5. The third-order valence-corrected chi connectivity index (χ3v) is 11.3. The molecule has 3 aliphatic rings. The Morgan fingerprint density at radius 1 is 0.559 bits per heavy atom. The molecule has 0 N–H and O–H groups in total. The highest BCUT2D eigenvalue weighted by Gasteiger charge is 2.84. The number of fused-ring (bicyclic) bond motifs is 1. The van der Waals surface area contributed by atoms with Crippen molar-refractivity contribution in [1.82, 2.24) is 0 Å². The molecule has 0 aromatic heterocycles. The second kappa shape index (κ2) is 7.77. The summed E-state index contributed by atoms with van der Waals surface area (Å²) in [5.41, 5.74) is -5.09. The topological polar surface area (TPSA) is 9.23 Å². The fourth-order valence-electron chi connectivity index (χ4n) is 3.58. The number of rotatable bonds is 1. The van der Waals surface area contributed by atoms with Gasteiger partial charge in [0.2, 0.25) is 5.34 Å². The van der Waals surface area contributed by atoms with E-state index in [4.69, 9.17) is 0 Å². The van der Waals surface area contributed by atoms with E-state index in [1.54, 1.807) is 0 Å². The Morgan fingerprint density at radius 2 is 0.853 bits per heavy atom. The minimum atomic E-state index is -6.94.